The molecule has 0 bridgehead atoms. The number of primary sulfonamides is 1. The third-order valence-electron chi connectivity index (χ3n) is 4.23. The summed E-state index contributed by atoms with van der Waals surface area (Å²) in [7, 11) is -3.67. The van der Waals surface area contributed by atoms with Crippen LogP contribution in [-0.2, 0) is 23.2 Å². The third kappa shape index (κ3) is 5.32. The van der Waals surface area contributed by atoms with Gasteiger partial charge in [-0.25, -0.2) is 13.6 Å². The van der Waals surface area contributed by atoms with Crippen molar-refractivity contribution in [3.63, 3.8) is 0 Å². The Labute approximate surface area is 159 Å². The molecule has 27 heavy (non-hydrogen) atoms. The van der Waals surface area contributed by atoms with Gasteiger partial charge in [-0.1, -0.05) is 36.4 Å². The Morgan fingerprint density at radius 2 is 1.70 bits per heavy atom. The van der Waals surface area contributed by atoms with E-state index in [-0.39, 0.29) is 4.90 Å². The molecule has 0 atom stereocenters. The first-order chi connectivity index (χ1) is 12.9. The molecule has 0 aliphatic rings. The van der Waals surface area contributed by atoms with E-state index < -0.39 is 10.0 Å². The van der Waals surface area contributed by atoms with Gasteiger partial charge in [-0.3, -0.25) is 0 Å². The van der Waals surface area contributed by atoms with Gasteiger partial charge in [0.05, 0.1) is 4.90 Å². The van der Waals surface area contributed by atoms with E-state index in [1.165, 1.54) is 17.7 Å². The number of sulfonamides is 1. The lowest BCUT2D eigenvalue weighted by Crippen LogP contribution is -2.12. The zero-order valence-electron chi connectivity index (χ0n) is 15.1. The van der Waals surface area contributed by atoms with Crippen LogP contribution in [0.15, 0.2) is 77.7 Å². The largest absolute Gasteiger partial charge is 0.489 e. The summed E-state index contributed by atoms with van der Waals surface area (Å²) in [5, 5.41) is 8.36. The third-order valence-corrected chi connectivity index (χ3v) is 5.16. The molecule has 3 rings (SSSR count). The molecule has 0 radical (unpaired) electrons. The lowest BCUT2D eigenvalue weighted by Gasteiger charge is -2.11. The monoisotopic (exact) mass is 382 g/mol. The molecule has 3 aromatic rings. The number of nitrogens with one attached hydrogen (secondary N) is 1. The molecule has 0 unspecified atom stereocenters. The average molecular weight is 382 g/mol. The molecule has 0 heterocycles. The fourth-order valence-corrected chi connectivity index (χ4v) is 3.16. The Kier molecular flexibility index (Phi) is 5.78. The maximum atomic E-state index is 11.3. The van der Waals surface area contributed by atoms with E-state index >= 15 is 0 Å². The number of hydrogen-bond acceptors (Lipinski definition) is 4. The second-order valence-electron chi connectivity index (χ2n) is 6.29. The molecule has 0 saturated carbocycles. The first-order valence-electron chi connectivity index (χ1n) is 8.55. The lowest BCUT2D eigenvalue weighted by molar-refractivity contribution is 0.305. The molecule has 0 fully saturated rings. The zero-order valence-corrected chi connectivity index (χ0v) is 15.9. The Bertz CT molecular complexity index is 1020. The van der Waals surface area contributed by atoms with Crippen LogP contribution in [0.1, 0.15) is 16.7 Å². The van der Waals surface area contributed by atoms with Crippen LogP contribution in [0.3, 0.4) is 0 Å². The minimum Gasteiger partial charge on any atom is -0.489 e. The molecular weight excluding hydrogens is 360 g/mol. The normalized spacial score (nSPS) is 11.2. The van der Waals surface area contributed by atoms with Crippen molar-refractivity contribution in [1.82, 2.24) is 0 Å². The molecule has 6 heteroatoms. The van der Waals surface area contributed by atoms with Gasteiger partial charge in [-0.05, 0) is 60.0 Å². The van der Waals surface area contributed by atoms with Gasteiger partial charge < -0.3 is 10.1 Å². The van der Waals surface area contributed by atoms with E-state index in [0.717, 1.165) is 22.6 Å². The first-order valence-corrected chi connectivity index (χ1v) is 10.1. The van der Waals surface area contributed by atoms with E-state index in [1.54, 1.807) is 12.1 Å². The molecule has 0 aromatic heterocycles. The van der Waals surface area contributed by atoms with Crippen LogP contribution in [0.25, 0.3) is 0 Å². The number of anilines is 1. The van der Waals surface area contributed by atoms with Crippen molar-refractivity contribution in [1.29, 1.82) is 0 Å². The second-order valence-corrected chi connectivity index (χ2v) is 7.85. The lowest BCUT2D eigenvalue weighted by atomic mass is 10.1. The number of aryl methyl sites for hydroxylation is 1. The number of rotatable bonds is 7. The summed E-state index contributed by atoms with van der Waals surface area (Å²) in [6.07, 6.45) is 0. The molecular formula is C21H22N2O3S. The number of hydrogen-bond donors (Lipinski definition) is 2. The van der Waals surface area contributed by atoms with Gasteiger partial charge in [0.15, 0.2) is 0 Å². The predicted octanol–water partition coefficient (Wildman–Crippen LogP) is 3.83. The van der Waals surface area contributed by atoms with Gasteiger partial charge >= 0.3 is 0 Å². The van der Waals surface area contributed by atoms with Gasteiger partial charge in [-0.2, -0.15) is 0 Å². The molecule has 140 valence electrons. The molecule has 0 aliphatic heterocycles. The maximum Gasteiger partial charge on any atom is 0.238 e. The summed E-state index contributed by atoms with van der Waals surface area (Å²) in [5.41, 5.74) is 4.25. The van der Waals surface area contributed by atoms with Crippen molar-refractivity contribution >= 4 is 15.7 Å². The van der Waals surface area contributed by atoms with Crippen LogP contribution in [0.5, 0.6) is 5.75 Å². The van der Waals surface area contributed by atoms with Crippen LogP contribution < -0.4 is 15.2 Å². The second kappa shape index (κ2) is 8.24. The molecule has 5 nitrogen and oxygen atoms in total. The average Bonchev–Trinajstić information content (AvgIpc) is 2.66. The molecule has 0 spiro atoms. The van der Waals surface area contributed by atoms with Gasteiger partial charge in [0.25, 0.3) is 0 Å². The number of benzene rings is 3. The van der Waals surface area contributed by atoms with Crippen molar-refractivity contribution in [3.05, 3.63) is 89.5 Å². The van der Waals surface area contributed by atoms with Crippen LogP contribution in [-0.4, -0.2) is 8.42 Å². The smallest absolute Gasteiger partial charge is 0.238 e. The Hall–Kier alpha value is -2.83. The van der Waals surface area contributed by atoms with E-state index in [9.17, 15) is 8.42 Å². The highest BCUT2D eigenvalue weighted by Gasteiger charge is 2.06. The SMILES string of the molecule is Cc1ccccc1COc1cccc(CNc2ccc(S(N)(=O)=O)cc2)c1. The number of nitrogens with two attached hydrogens (primary N) is 1. The van der Waals surface area contributed by atoms with Crippen LogP contribution in [0.4, 0.5) is 5.69 Å². The first kappa shape index (κ1) is 18.9. The summed E-state index contributed by atoms with van der Waals surface area (Å²) in [4.78, 5) is 0.0969. The van der Waals surface area contributed by atoms with Crippen LogP contribution >= 0.6 is 0 Å². The van der Waals surface area contributed by atoms with Gasteiger partial charge in [0.2, 0.25) is 10.0 Å². The Balaban J connectivity index is 1.60. The summed E-state index contributed by atoms with van der Waals surface area (Å²) >= 11 is 0. The van der Waals surface area contributed by atoms with Gasteiger partial charge in [-0.15, -0.1) is 0 Å². The van der Waals surface area contributed by atoms with Crippen LogP contribution in [0.2, 0.25) is 0 Å². The number of ether oxygens (including phenoxy) is 1. The quantitative estimate of drug-likeness (QED) is 0.651. The fourth-order valence-electron chi connectivity index (χ4n) is 2.64. The standard InChI is InChI=1S/C21H22N2O3S/c1-16-5-2-3-7-18(16)15-26-20-8-4-6-17(13-20)14-23-19-9-11-21(12-10-19)27(22,24)25/h2-13,23H,14-15H2,1H3,(H2,22,24,25). The fraction of sp³-hybridized carbons (Fsp3) is 0.143. The van der Waals surface area contributed by atoms with E-state index in [1.807, 2.05) is 36.4 Å². The highest BCUT2D eigenvalue weighted by atomic mass is 32.2. The minimum absolute atomic E-state index is 0.0969. The Morgan fingerprint density at radius 1 is 0.963 bits per heavy atom. The molecule has 3 aromatic carbocycles. The summed E-state index contributed by atoms with van der Waals surface area (Å²) in [6, 6.07) is 22.4. The topological polar surface area (TPSA) is 81.4 Å². The van der Waals surface area contributed by atoms with Crippen molar-refractivity contribution in [2.75, 3.05) is 5.32 Å². The van der Waals surface area contributed by atoms with E-state index in [4.69, 9.17) is 9.88 Å². The highest BCUT2D eigenvalue weighted by Crippen LogP contribution is 2.18. The zero-order chi connectivity index (χ0) is 19.3. The summed E-state index contributed by atoms with van der Waals surface area (Å²) < 4.78 is 28.5. The summed E-state index contributed by atoms with van der Waals surface area (Å²) in [6.45, 7) is 3.19. The highest BCUT2D eigenvalue weighted by molar-refractivity contribution is 7.89. The van der Waals surface area contributed by atoms with E-state index in [2.05, 4.69) is 24.4 Å². The van der Waals surface area contributed by atoms with Crippen molar-refractivity contribution < 1.29 is 13.2 Å². The predicted molar refractivity (Wildman–Crippen MR) is 107 cm³/mol. The molecule has 0 amide bonds. The molecule has 0 aliphatic carbocycles. The molecule has 0 saturated heterocycles. The minimum atomic E-state index is -3.67. The van der Waals surface area contributed by atoms with Gasteiger partial charge in [0, 0.05) is 12.2 Å². The van der Waals surface area contributed by atoms with E-state index in [0.29, 0.717) is 13.2 Å². The van der Waals surface area contributed by atoms with Gasteiger partial charge in [0.1, 0.15) is 12.4 Å². The van der Waals surface area contributed by atoms with Crippen molar-refractivity contribution in [3.8, 4) is 5.75 Å². The summed E-state index contributed by atoms with van der Waals surface area (Å²) in [5.74, 6) is 0.808. The maximum absolute atomic E-state index is 11.3. The Morgan fingerprint density at radius 3 is 2.41 bits per heavy atom. The van der Waals surface area contributed by atoms with Crippen LogP contribution in [0, 0.1) is 6.92 Å². The van der Waals surface area contributed by atoms with Crippen molar-refractivity contribution in [2.45, 2.75) is 25.0 Å². The molecule has 3 N–H and O–H groups in total. The van der Waals surface area contributed by atoms with Crippen molar-refractivity contribution in [2.24, 2.45) is 5.14 Å².